The highest BCUT2D eigenvalue weighted by atomic mass is 35.5. The zero-order valence-corrected chi connectivity index (χ0v) is 10.6. The molecular weight excluding hydrogens is 236 g/mol. The molecule has 1 heterocycles. The maximum Gasteiger partial charge on any atom is 0.0584 e. The molecule has 0 aliphatic carbocycles. The highest BCUT2D eigenvalue weighted by molar-refractivity contribution is 6.31. The summed E-state index contributed by atoms with van der Waals surface area (Å²) in [6.07, 6.45) is 2.91. The van der Waals surface area contributed by atoms with Gasteiger partial charge in [0.05, 0.1) is 6.61 Å². The molecule has 4 heteroatoms. The van der Waals surface area contributed by atoms with Crippen molar-refractivity contribution in [2.45, 2.75) is 25.9 Å². The summed E-state index contributed by atoms with van der Waals surface area (Å²) in [5, 5.41) is 14.4. The van der Waals surface area contributed by atoms with Crippen molar-refractivity contribution < 1.29 is 5.11 Å². The first-order valence-corrected chi connectivity index (χ1v) is 6.22. The number of aliphatic hydroxyl groups is 1. The molecule has 1 aromatic heterocycles. The maximum atomic E-state index is 9.12. The van der Waals surface area contributed by atoms with E-state index >= 15 is 0 Å². The Bertz CT molecular complexity index is 491. The average Bonchev–Trinajstić information content (AvgIpc) is 2.73. The summed E-state index contributed by atoms with van der Waals surface area (Å²) in [6, 6.07) is 5.99. The average molecular weight is 253 g/mol. The molecule has 0 fully saturated rings. The number of aromatic amines is 1. The third-order valence-electron chi connectivity index (χ3n) is 3.02. The summed E-state index contributed by atoms with van der Waals surface area (Å²) in [7, 11) is 0. The minimum atomic E-state index is 0.159. The van der Waals surface area contributed by atoms with Crippen LogP contribution in [0, 0.1) is 0 Å². The lowest BCUT2D eigenvalue weighted by Crippen LogP contribution is -2.31. The Kier molecular flexibility index (Phi) is 4.05. The van der Waals surface area contributed by atoms with E-state index < -0.39 is 0 Å². The second-order valence-electron chi connectivity index (χ2n) is 4.17. The molecule has 2 rings (SSSR count). The van der Waals surface area contributed by atoms with Crippen LogP contribution in [0.5, 0.6) is 0 Å². The number of aromatic nitrogens is 1. The van der Waals surface area contributed by atoms with Crippen LogP contribution in [0.15, 0.2) is 24.4 Å². The fraction of sp³-hybridized carbons (Fsp3) is 0.385. The van der Waals surface area contributed by atoms with Gasteiger partial charge in [0.2, 0.25) is 0 Å². The third-order valence-corrected chi connectivity index (χ3v) is 3.26. The predicted molar refractivity (Wildman–Crippen MR) is 71.3 cm³/mol. The number of benzene rings is 1. The van der Waals surface area contributed by atoms with Crippen molar-refractivity contribution in [2.24, 2.45) is 0 Å². The number of halogens is 1. The first-order valence-electron chi connectivity index (χ1n) is 5.84. The van der Waals surface area contributed by atoms with Crippen LogP contribution in [0.4, 0.5) is 0 Å². The SMILES string of the molecule is CC[C@H](CO)NCc1c[nH]c2cc(Cl)ccc12. The van der Waals surface area contributed by atoms with Crippen LogP contribution in [0.1, 0.15) is 18.9 Å². The molecule has 1 aromatic carbocycles. The van der Waals surface area contributed by atoms with Crippen LogP contribution in [-0.4, -0.2) is 22.7 Å². The number of aliphatic hydroxyl groups excluding tert-OH is 1. The lowest BCUT2D eigenvalue weighted by atomic mass is 10.1. The van der Waals surface area contributed by atoms with Gasteiger partial charge in [-0.05, 0) is 24.1 Å². The lowest BCUT2D eigenvalue weighted by molar-refractivity contribution is 0.238. The molecule has 0 spiro atoms. The van der Waals surface area contributed by atoms with Crippen LogP contribution < -0.4 is 5.32 Å². The molecule has 2 aromatic rings. The van der Waals surface area contributed by atoms with Gasteiger partial charge >= 0.3 is 0 Å². The Morgan fingerprint density at radius 3 is 3.00 bits per heavy atom. The molecule has 0 saturated heterocycles. The molecule has 0 radical (unpaired) electrons. The van der Waals surface area contributed by atoms with E-state index in [0.29, 0.717) is 0 Å². The van der Waals surface area contributed by atoms with Crippen molar-refractivity contribution in [3.8, 4) is 0 Å². The molecule has 3 nitrogen and oxygen atoms in total. The summed E-state index contributed by atoms with van der Waals surface area (Å²) in [5.41, 5.74) is 2.25. The molecule has 1 atom stereocenters. The quantitative estimate of drug-likeness (QED) is 0.766. The molecule has 92 valence electrons. The van der Waals surface area contributed by atoms with Gasteiger partial charge in [-0.15, -0.1) is 0 Å². The maximum absolute atomic E-state index is 9.12. The van der Waals surface area contributed by atoms with Gasteiger partial charge in [0.25, 0.3) is 0 Å². The summed E-state index contributed by atoms with van der Waals surface area (Å²) >= 11 is 5.93. The Hall–Kier alpha value is -1.03. The lowest BCUT2D eigenvalue weighted by Gasteiger charge is -2.13. The van der Waals surface area contributed by atoms with Gasteiger partial charge < -0.3 is 15.4 Å². The van der Waals surface area contributed by atoms with Crippen LogP contribution in [0.3, 0.4) is 0 Å². The number of nitrogens with one attached hydrogen (secondary N) is 2. The molecule has 0 amide bonds. The van der Waals surface area contributed by atoms with Crippen molar-refractivity contribution in [1.82, 2.24) is 10.3 Å². The Morgan fingerprint density at radius 2 is 2.29 bits per heavy atom. The number of fused-ring (bicyclic) bond motifs is 1. The van der Waals surface area contributed by atoms with E-state index in [4.69, 9.17) is 16.7 Å². The monoisotopic (exact) mass is 252 g/mol. The second-order valence-corrected chi connectivity index (χ2v) is 4.61. The Morgan fingerprint density at radius 1 is 1.47 bits per heavy atom. The van der Waals surface area contributed by atoms with Gasteiger partial charge in [-0.3, -0.25) is 0 Å². The van der Waals surface area contributed by atoms with Gasteiger partial charge in [0.1, 0.15) is 0 Å². The molecular formula is C13H17ClN2O. The normalized spacial score (nSPS) is 13.1. The number of hydrogen-bond donors (Lipinski definition) is 3. The number of hydrogen-bond acceptors (Lipinski definition) is 2. The number of rotatable bonds is 5. The summed E-state index contributed by atoms with van der Waals surface area (Å²) < 4.78 is 0. The van der Waals surface area contributed by atoms with Crippen molar-refractivity contribution in [3.05, 3.63) is 35.0 Å². The van der Waals surface area contributed by atoms with E-state index in [0.717, 1.165) is 23.5 Å². The van der Waals surface area contributed by atoms with Crippen LogP contribution in [-0.2, 0) is 6.54 Å². The molecule has 0 aliphatic rings. The molecule has 0 aliphatic heterocycles. The fourth-order valence-corrected chi connectivity index (χ4v) is 2.07. The first kappa shape index (κ1) is 12.4. The van der Waals surface area contributed by atoms with Crippen molar-refractivity contribution >= 4 is 22.5 Å². The van der Waals surface area contributed by atoms with Crippen molar-refractivity contribution in [2.75, 3.05) is 6.61 Å². The minimum Gasteiger partial charge on any atom is -0.395 e. The van der Waals surface area contributed by atoms with E-state index in [1.165, 1.54) is 10.9 Å². The first-order chi connectivity index (χ1) is 8.24. The second kappa shape index (κ2) is 5.54. The summed E-state index contributed by atoms with van der Waals surface area (Å²) in [4.78, 5) is 3.20. The van der Waals surface area contributed by atoms with E-state index in [-0.39, 0.29) is 12.6 Å². The van der Waals surface area contributed by atoms with Gasteiger partial charge in [-0.2, -0.15) is 0 Å². The summed E-state index contributed by atoms with van der Waals surface area (Å²) in [5.74, 6) is 0. The van der Waals surface area contributed by atoms with Crippen molar-refractivity contribution in [1.29, 1.82) is 0 Å². The molecule has 0 saturated carbocycles. The zero-order chi connectivity index (χ0) is 12.3. The highest BCUT2D eigenvalue weighted by Gasteiger charge is 2.07. The Balaban J connectivity index is 2.14. The van der Waals surface area contributed by atoms with E-state index in [1.807, 2.05) is 24.4 Å². The van der Waals surface area contributed by atoms with Gasteiger partial charge in [-0.25, -0.2) is 0 Å². The molecule has 17 heavy (non-hydrogen) atoms. The Labute approximate surface area is 106 Å². The van der Waals surface area contributed by atoms with Crippen LogP contribution in [0.2, 0.25) is 5.02 Å². The van der Waals surface area contributed by atoms with E-state index in [2.05, 4.69) is 17.2 Å². The van der Waals surface area contributed by atoms with Crippen molar-refractivity contribution in [3.63, 3.8) is 0 Å². The molecule has 3 N–H and O–H groups in total. The molecule has 0 unspecified atom stereocenters. The predicted octanol–water partition coefficient (Wildman–Crippen LogP) is 2.68. The number of H-pyrrole nitrogens is 1. The topological polar surface area (TPSA) is 48.0 Å². The zero-order valence-electron chi connectivity index (χ0n) is 9.83. The largest absolute Gasteiger partial charge is 0.395 e. The van der Waals surface area contributed by atoms with E-state index in [9.17, 15) is 0 Å². The van der Waals surface area contributed by atoms with Crippen LogP contribution >= 0.6 is 11.6 Å². The van der Waals surface area contributed by atoms with Gasteiger partial charge in [0, 0.05) is 34.7 Å². The fourth-order valence-electron chi connectivity index (χ4n) is 1.90. The van der Waals surface area contributed by atoms with Gasteiger partial charge in [0.15, 0.2) is 0 Å². The van der Waals surface area contributed by atoms with Gasteiger partial charge in [-0.1, -0.05) is 24.6 Å². The van der Waals surface area contributed by atoms with Crippen LogP contribution in [0.25, 0.3) is 10.9 Å². The van der Waals surface area contributed by atoms with E-state index in [1.54, 1.807) is 0 Å². The summed E-state index contributed by atoms with van der Waals surface area (Å²) in [6.45, 7) is 2.98. The standard InChI is InChI=1S/C13H17ClN2O/c1-2-11(8-17)15-6-9-7-16-13-5-10(14)3-4-12(9)13/h3-5,7,11,15-17H,2,6,8H2,1H3/t11-/m1/s1. The highest BCUT2D eigenvalue weighted by Crippen LogP contribution is 2.21. The smallest absolute Gasteiger partial charge is 0.0584 e. The minimum absolute atomic E-state index is 0.159. The molecule has 0 bridgehead atoms. The third kappa shape index (κ3) is 2.80.